The van der Waals surface area contributed by atoms with Crippen molar-refractivity contribution >= 4 is 22.1 Å². The van der Waals surface area contributed by atoms with Gasteiger partial charge in [-0.05, 0) is 109 Å². The van der Waals surface area contributed by atoms with Crippen molar-refractivity contribution in [1.29, 1.82) is 0 Å². The Morgan fingerprint density at radius 3 is 2.12 bits per heavy atom. The average Bonchev–Trinajstić information content (AvgIpc) is 3.62. The SMILES string of the molecule is [2H]C([2H])([2H])c1ccc2c(n1)oc1c(-c3cc(-c4ccc(C)cc4C)c(C)cn3)[c-]c(Oc3[c-]c(-c4cc(C)c(C)cn4)cc(-c4ccc(-c5ccccc5)cc4)c3C([2H])([2H])[2H])cc12.[Pt+2]. The van der Waals surface area contributed by atoms with E-state index in [1.54, 1.807) is 24.5 Å². The van der Waals surface area contributed by atoms with E-state index in [-0.39, 0.29) is 49.5 Å². The predicted octanol–water partition coefficient (Wildman–Crippen LogP) is 13.7. The third kappa shape index (κ3) is 7.27. The van der Waals surface area contributed by atoms with Gasteiger partial charge in [0.25, 0.3) is 0 Å². The molecule has 0 aliphatic carbocycles. The van der Waals surface area contributed by atoms with E-state index in [0.717, 1.165) is 50.1 Å². The number of furan rings is 1. The number of benzene rings is 5. The molecule has 0 radical (unpaired) electrons. The number of aromatic nitrogens is 3. The summed E-state index contributed by atoms with van der Waals surface area (Å²) in [5.74, 6) is 0.132. The van der Waals surface area contributed by atoms with E-state index in [1.165, 1.54) is 6.07 Å². The molecular formula is C52H41N3O2Pt. The van der Waals surface area contributed by atoms with Crippen LogP contribution in [0.15, 0.2) is 126 Å². The third-order valence-electron chi connectivity index (χ3n) is 10.6. The van der Waals surface area contributed by atoms with E-state index >= 15 is 0 Å². The summed E-state index contributed by atoms with van der Waals surface area (Å²) in [5.41, 5.74) is 12.8. The predicted molar refractivity (Wildman–Crippen MR) is 232 cm³/mol. The first-order chi connectivity index (χ1) is 30.0. The van der Waals surface area contributed by atoms with Crippen molar-refractivity contribution in [2.75, 3.05) is 0 Å². The summed E-state index contributed by atoms with van der Waals surface area (Å²) in [6.07, 6.45) is 3.58. The van der Waals surface area contributed by atoms with Crippen molar-refractivity contribution < 1.29 is 38.4 Å². The van der Waals surface area contributed by atoms with Crippen LogP contribution < -0.4 is 4.74 Å². The molecular weight excluding hydrogens is 894 g/mol. The Bertz CT molecular complexity index is 3230. The molecule has 58 heavy (non-hydrogen) atoms. The van der Waals surface area contributed by atoms with Gasteiger partial charge < -0.3 is 19.1 Å². The van der Waals surface area contributed by atoms with E-state index in [2.05, 4.69) is 49.2 Å². The van der Waals surface area contributed by atoms with Gasteiger partial charge in [0.05, 0.1) is 5.58 Å². The van der Waals surface area contributed by atoms with E-state index < -0.39 is 13.7 Å². The van der Waals surface area contributed by atoms with Crippen molar-refractivity contribution in [3.8, 4) is 67.4 Å². The van der Waals surface area contributed by atoms with Crippen molar-refractivity contribution in [1.82, 2.24) is 15.0 Å². The Labute approximate surface area is 362 Å². The first kappa shape index (κ1) is 31.9. The number of hydrogen-bond donors (Lipinski definition) is 0. The van der Waals surface area contributed by atoms with E-state index in [9.17, 15) is 0 Å². The number of nitrogens with zero attached hydrogens (tertiary/aromatic N) is 3. The number of hydrogen-bond acceptors (Lipinski definition) is 5. The Morgan fingerprint density at radius 2 is 1.36 bits per heavy atom. The third-order valence-corrected chi connectivity index (χ3v) is 10.6. The molecule has 0 N–H and O–H groups in total. The van der Waals surface area contributed by atoms with Crippen LogP contribution in [0.5, 0.6) is 11.5 Å². The van der Waals surface area contributed by atoms with Crippen LogP contribution in [0.4, 0.5) is 0 Å². The van der Waals surface area contributed by atoms with Gasteiger partial charge in [-0.2, -0.15) is 0 Å². The van der Waals surface area contributed by atoms with Gasteiger partial charge >= 0.3 is 21.1 Å². The molecule has 9 aromatic rings. The fourth-order valence-corrected chi connectivity index (χ4v) is 7.33. The Kier molecular flexibility index (Phi) is 8.60. The molecule has 0 aliphatic rings. The molecule has 0 fully saturated rings. The zero-order chi connectivity index (χ0) is 44.4. The van der Waals surface area contributed by atoms with E-state index in [1.807, 2.05) is 93.6 Å². The maximum Gasteiger partial charge on any atom is 2.00 e. The molecule has 6 heteroatoms. The fraction of sp³-hybridized carbons (Fsp3) is 0.135. The van der Waals surface area contributed by atoms with Crippen LogP contribution in [0.2, 0.25) is 0 Å². The molecule has 0 spiro atoms. The molecule has 0 bridgehead atoms. The number of rotatable bonds is 7. The van der Waals surface area contributed by atoms with Gasteiger partial charge in [-0.1, -0.05) is 143 Å². The average molecular weight is 941 g/mol. The second-order valence-corrected chi connectivity index (χ2v) is 14.6. The molecule has 5 nitrogen and oxygen atoms in total. The van der Waals surface area contributed by atoms with Crippen LogP contribution in [0.3, 0.4) is 0 Å². The van der Waals surface area contributed by atoms with E-state index in [0.29, 0.717) is 50.0 Å². The monoisotopic (exact) mass is 940 g/mol. The molecule has 286 valence electrons. The topological polar surface area (TPSA) is 61.0 Å². The maximum atomic E-state index is 8.93. The van der Waals surface area contributed by atoms with Gasteiger partial charge in [0.2, 0.25) is 5.71 Å². The van der Waals surface area contributed by atoms with Crippen LogP contribution in [-0.4, -0.2) is 15.0 Å². The number of fused-ring (bicyclic) bond motifs is 3. The van der Waals surface area contributed by atoms with Crippen molar-refractivity contribution in [2.24, 2.45) is 0 Å². The molecule has 0 aliphatic heterocycles. The Hall–Kier alpha value is -6.16. The maximum absolute atomic E-state index is 8.93. The minimum Gasteiger partial charge on any atom is -0.496 e. The zero-order valence-electron chi connectivity index (χ0n) is 38.5. The molecule has 0 unspecified atom stereocenters. The summed E-state index contributed by atoms with van der Waals surface area (Å²) in [4.78, 5) is 14.0. The Balaban J connectivity index is 0.00000560. The minimum atomic E-state index is -2.65. The van der Waals surface area contributed by atoms with Crippen LogP contribution >= 0.6 is 0 Å². The summed E-state index contributed by atoms with van der Waals surface area (Å²) in [5, 5.41) is 1.08. The zero-order valence-corrected chi connectivity index (χ0v) is 34.8. The smallest absolute Gasteiger partial charge is 0.496 e. The van der Waals surface area contributed by atoms with Crippen molar-refractivity contribution in [2.45, 2.75) is 48.3 Å². The summed E-state index contributed by atoms with van der Waals surface area (Å²) in [6, 6.07) is 41.3. The number of ether oxygens (including phenoxy) is 1. The minimum absolute atomic E-state index is 0. The van der Waals surface area contributed by atoms with Crippen molar-refractivity contribution in [3.05, 3.63) is 173 Å². The summed E-state index contributed by atoms with van der Waals surface area (Å²) < 4.78 is 64.0. The largest absolute Gasteiger partial charge is 2.00 e. The number of pyridine rings is 3. The number of aryl methyl sites for hydroxylation is 6. The molecule has 0 amide bonds. The molecule has 4 aromatic heterocycles. The molecule has 5 aromatic carbocycles. The second-order valence-electron chi connectivity index (χ2n) is 14.6. The van der Waals surface area contributed by atoms with Gasteiger partial charge in [0.1, 0.15) is 0 Å². The second kappa shape index (κ2) is 15.6. The van der Waals surface area contributed by atoms with Gasteiger partial charge in [-0.25, -0.2) is 4.98 Å². The Morgan fingerprint density at radius 1 is 0.603 bits per heavy atom. The van der Waals surface area contributed by atoms with Gasteiger partial charge in [-0.3, -0.25) is 0 Å². The summed E-state index contributed by atoms with van der Waals surface area (Å²) in [6.45, 7) is 4.99. The molecule has 4 heterocycles. The standard InChI is InChI=1S/C52H41N3O2.Pt/c1-30-13-19-42(32(3)21-30)44-27-49(54-29-34(44)5)47-26-41(25-46-43-20-14-35(6)55-52(43)57-51(46)47)56-50-24-40(48-22-31(2)33(4)28-53-48)23-45(36(50)7)39-17-15-38(16-18-39)37-11-9-8-10-12-37;/h8-23,25,27-29H,1-7H3;/q-2;+2/i6D3,7D3;. The van der Waals surface area contributed by atoms with E-state index in [4.69, 9.17) is 27.3 Å². The molecule has 0 saturated carbocycles. The quantitative estimate of drug-likeness (QED) is 0.149. The van der Waals surface area contributed by atoms with Crippen LogP contribution in [-0.2, 0) is 21.1 Å². The fourth-order valence-electron chi connectivity index (χ4n) is 7.33. The van der Waals surface area contributed by atoms with Gasteiger partial charge in [-0.15, -0.1) is 11.6 Å². The first-order valence-electron chi connectivity index (χ1n) is 21.7. The van der Waals surface area contributed by atoms with Crippen LogP contribution in [0.1, 0.15) is 47.3 Å². The van der Waals surface area contributed by atoms with Crippen LogP contribution in [0, 0.1) is 60.5 Å². The molecule has 0 atom stereocenters. The first-order valence-corrected chi connectivity index (χ1v) is 18.7. The van der Waals surface area contributed by atoms with Crippen LogP contribution in [0.25, 0.3) is 78.0 Å². The van der Waals surface area contributed by atoms with Gasteiger partial charge in [0.15, 0.2) is 0 Å². The molecule has 0 saturated heterocycles. The summed E-state index contributed by atoms with van der Waals surface area (Å²) in [7, 11) is 0. The van der Waals surface area contributed by atoms with Gasteiger partial charge in [0, 0.05) is 43.2 Å². The normalized spacial score (nSPS) is 13.2. The summed E-state index contributed by atoms with van der Waals surface area (Å²) >= 11 is 0. The molecule has 9 rings (SSSR count). The van der Waals surface area contributed by atoms with Crippen molar-refractivity contribution in [3.63, 3.8) is 0 Å².